The highest BCUT2D eigenvalue weighted by atomic mass is 16.6. The van der Waals surface area contributed by atoms with E-state index >= 15 is 0 Å². The fourth-order valence-electron chi connectivity index (χ4n) is 3.30. The van der Waals surface area contributed by atoms with Gasteiger partial charge in [-0.25, -0.2) is 14.6 Å². The number of aromatic nitrogens is 7. The molecule has 3 aromatic heterocycles. The summed E-state index contributed by atoms with van der Waals surface area (Å²) in [5, 5.41) is 42.4. The van der Waals surface area contributed by atoms with Crippen LogP contribution in [-0.2, 0) is 11.8 Å². The lowest BCUT2D eigenvalue weighted by Gasteiger charge is -2.27. The molecule has 0 saturated carbocycles. The average molecular weight is 362 g/mol. The van der Waals surface area contributed by atoms with Crippen molar-refractivity contribution < 1.29 is 20.1 Å². The zero-order valence-corrected chi connectivity index (χ0v) is 14.1. The van der Waals surface area contributed by atoms with Gasteiger partial charge in [0.1, 0.15) is 35.6 Å². The maximum Gasteiger partial charge on any atom is 0.184 e. The molecular formula is C14H18N8O4. The van der Waals surface area contributed by atoms with Crippen molar-refractivity contribution in [2.45, 2.75) is 31.0 Å². The van der Waals surface area contributed by atoms with Gasteiger partial charge in [0.2, 0.25) is 0 Å². The number of fused-ring (bicyclic) bond motifs is 1. The van der Waals surface area contributed by atoms with Crippen molar-refractivity contribution in [2.24, 2.45) is 7.05 Å². The van der Waals surface area contributed by atoms with Crippen LogP contribution in [0.25, 0.3) is 22.4 Å². The highest BCUT2D eigenvalue weighted by Gasteiger charge is 2.53. The number of ether oxygens (including phenoxy) is 1. The molecule has 0 aromatic carbocycles. The molecule has 1 saturated heterocycles. The van der Waals surface area contributed by atoms with Crippen LogP contribution in [0.3, 0.4) is 0 Å². The Morgan fingerprint density at radius 3 is 2.77 bits per heavy atom. The van der Waals surface area contributed by atoms with E-state index in [2.05, 4.69) is 25.5 Å². The van der Waals surface area contributed by atoms with Crippen molar-refractivity contribution in [1.29, 1.82) is 0 Å². The number of nitrogen functional groups attached to an aromatic ring is 1. The van der Waals surface area contributed by atoms with Gasteiger partial charge in [-0.15, -0.1) is 5.10 Å². The summed E-state index contributed by atoms with van der Waals surface area (Å²) in [7, 11) is 1.67. The van der Waals surface area contributed by atoms with E-state index in [1.54, 1.807) is 13.2 Å². The minimum absolute atomic E-state index is 0.212. The third-order valence-corrected chi connectivity index (χ3v) is 4.69. The smallest absolute Gasteiger partial charge is 0.184 e. The second-order valence-corrected chi connectivity index (χ2v) is 6.41. The lowest BCUT2D eigenvalue weighted by atomic mass is 9.96. The van der Waals surface area contributed by atoms with E-state index < -0.39 is 30.6 Å². The van der Waals surface area contributed by atoms with E-state index in [1.165, 1.54) is 22.5 Å². The monoisotopic (exact) mass is 362 g/mol. The minimum atomic E-state index is -1.67. The predicted molar refractivity (Wildman–Crippen MR) is 87.4 cm³/mol. The maximum absolute atomic E-state index is 10.8. The first-order chi connectivity index (χ1) is 12.4. The van der Waals surface area contributed by atoms with Gasteiger partial charge >= 0.3 is 0 Å². The summed E-state index contributed by atoms with van der Waals surface area (Å²) in [5.41, 5.74) is 5.30. The lowest BCUT2D eigenvalue weighted by Crippen LogP contribution is -2.44. The van der Waals surface area contributed by atoms with Crippen molar-refractivity contribution >= 4 is 16.9 Å². The second-order valence-electron chi connectivity index (χ2n) is 6.41. The van der Waals surface area contributed by atoms with Gasteiger partial charge in [-0.3, -0.25) is 0 Å². The third-order valence-electron chi connectivity index (χ3n) is 4.69. The van der Waals surface area contributed by atoms with E-state index in [-0.39, 0.29) is 5.82 Å². The van der Waals surface area contributed by atoms with E-state index in [0.29, 0.717) is 22.4 Å². The van der Waals surface area contributed by atoms with E-state index in [0.717, 1.165) is 0 Å². The van der Waals surface area contributed by atoms with Gasteiger partial charge < -0.3 is 30.4 Å². The van der Waals surface area contributed by atoms with Crippen LogP contribution in [0, 0.1) is 0 Å². The molecule has 12 heteroatoms. The molecule has 0 amide bonds. The SMILES string of the molecule is Cn1nnnc1-c1cn([C@@H]2O[C@H](CO)[C@@H](O)[C@@]2(C)O)c2ncnc(N)c12. The van der Waals surface area contributed by atoms with Crippen LogP contribution < -0.4 is 5.73 Å². The molecule has 0 unspecified atom stereocenters. The van der Waals surface area contributed by atoms with Crippen LogP contribution in [0.5, 0.6) is 0 Å². The van der Waals surface area contributed by atoms with E-state index in [9.17, 15) is 15.3 Å². The molecule has 26 heavy (non-hydrogen) atoms. The molecule has 0 radical (unpaired) electrons. The number of rotatable bonds is 3. The fourth-order valence-corrected chi connectivity index (χ4v) is 3.30. The fraction of sp³-hybridized carbons (Fsp3) is 0.500. The summed E-state index contributed by atoms with van der Waals surface area (Å²) in [6, 6.07) is 0. The number of tetrazole rings is 1. The van der Waals surface area contributed by atoms with Crippen LogP contribution in [0.2, 0.25) is 0 Å². The maximum atomic E-state index is 10.8. The van der Waals surface area contributed by atoms with Gasteiger partial charge in [-0.1, -0.05) is 0 Å². The first-order valence-electron chi connectivity index (χ1n) is 7.86. The summed E-state index contributed by atoms with van der Waals surface area (Å²) in [6.45, 7) is 0.988. The molecule has 1 aliphatic heterocycles. The van der Waals surface area contributed by atoms with E-state index in [4.69, 9.17) is 10.5 Å². The molecule has 12 nitrogen and oxygen atoms in total. The predicted octanol–water partition coefficient (Wildman–Crippen LogP) is -1.79. The van der Waals surface area contributed by atoms with Gasteiger partial charge in [-0.05, 0) is 17.4 Å². The van der Waals surface area contributed by atoms with Gasteiger partial charge in [0, 0.05) is 13.2 Å². The number of aryl methyl sites for hydroxylation is 1. The first kappa shape index (κ1) is 16.8. The van der Waals surface area contributed by atoms with Crippen molar-refractivity contribution in [3.05, 3.63) is 12.5 Å². The van der Waals surface area contributed by atoms with Crippen LogP contribution in [0.1, 0.15) is 13.2 Å². The van der Waals surface area contributed by atoms with Gasteiger partial charge in [0.05, 0.1) is 17.6 Å². The van der Waals surface area contributed by atoms with Gasteiger partial charge in [0.25, 0.3) is 0 Å². The topological polar surface area (TPSA) is 170 Å². The zero-order chi connectivity index (χ0) is 18.6. The largest absolute Gasteiger partial charge is 0.394 e. The number of anilines is 1. The lowest BCUT2D eigenvalue weighted by molar-refractivity contribution is -0.0948. The Morgan fingerprint density at radius 1 is 1.38 bits per heavy atom. The molecule has 3 aromatic rings. The molecular weight excluding hydrogens is 344 g/mol. The standard InChI is InChI=1S/C14H18N8O4/c1-14(25)9(24)7(4-23)26-13(14)22-3-6(11-18-19-20-21(11)2)8-10(15)16-5-17-12(8)22/h3,5,7,9,13,23-25H,4H2,1-2H3,(H2,15,16,17)/t7-,9-,13-,14-/m1/s1. The van der Waals surface area contributed by atoms with Gasteiger partial charge in [-0.2, -0.15) is 0 Å². The van der Waals surface area contributed by atoms with Crippen LogP contribution in [-0.4, -0.2) is 74.5 Å². The number of nitrogens with zero attached hydrogens (tertiary/aromatic N) is 7. The first-order valence-corrected chi connectivity index (χ1v) is 7.86. The molecule has 4 rings (SSSR count). The average Bonchev–Trinajstić information content (AvgIpc) is 3.24. The summed E-state index contributed by atoms with van der Waals surface area (Å²) in [6.07, 6.45) is -0.314. The number of hydrogen-bond donors (Lipinski definition) is 4. The summed E-state index contributed by atoms with van der Waals surface area (Å²) in [5.74, 6) is 0.635. The molecule has 0 spiro atoms. The number of aliphatic hydroxyl groups is 3. The highest BCUT2D eigenvalue weighted by molar-refractivity contribution is 5.99. The molecule has 4 atom stereocenters. The highest BCUT2D eigenvalue weighted by Crippen LogP contribution is 2.42. The molecule has 5 N–H and O–H groups in total. The van der Waals surface area contributed by atoms with Crippen LogP contribution >= 0.6 is 0 Å². The number of aliphatic hydroxyl groups excluding tert-OH is 2. The Kier molecular flexibility index (Phi) is 3.66. The van der Waals surface area contributed by atoms with Crippen molar-refractivity contribution in [2.75, 3.05) is 12.3 Å². The Morgan fingerprint density at radius 2 is 2.15 bits per heavy atom. The third kappa shape index (κ3) is 2.20. The quantitative estimate of drug-likeness (QED) is 0.417. The van der Waals surface area contributed by atoms with Crippen molar-refractivity contribution in [3.8, 4) is 11.4 Å². The number of nitrogens with two attached hydrogens (primary N) is 1. The Hall–Kier alpha value is -2.67. The molecule has 1 fully saturated rings. The van der Waals surface area contributed by atoms with Crippen LogP contribution in [0.4, 0.5) is 5.82 Å². The van der Waals surface area contributed by atoms with Gasteiger partial charge in [0.15, 0.2) is 12.1 Å². The Bertz CT molecular complexity index is 967. The van der Waals surface area contributed by atoms with Crippen LogP contribution in [0.15, 0.2) is 12.5 Å². The molecule has 1 aliphatic rings. The normalized spacial score (nSPS) is 28.9. The van der Waals surface area contributed by atoms with Crippen molar-refractivity contribution in [1.82, 2.24) is 34.7 Å². The molecule has 4 heterocycles. The number of hydrogen-bond acceptors (Lipinski definition) is 10. The van der Waals surface area contributed by atoms with Crippen molar-refractivity contribution in [3.63, 3.8) is 0 Å². The Balaban J connectivity index is 1.95. The Labute approximate surface area is 146 Å². The minimum Gasteiger partial charge on any atom is -0.394 e. The molecule has 0 bridgehead atoms. The summed E-state index contributed by atoms with van der Waals surface area (Å²) >= 11 is 0. The molecule has 138 valence electrons. The van der Waals surface area contributed by atoms with E-state index in [1.807, 2.05) is 0 Å². The second kappa shape index (κ2) is 5.67. The summed E-state index contributed by atoms with van der Waals surface area (Å²) < 4.78 is 8.69. The summed E-state index contributed by atoms with van der Waals surface area (Å²) in [4.78, 5) is 8.26. The zero-order valence-electron chi connectivity index (χ0n) is 14.1. The molecule has 0 aliphatic carbocycles.